The predicted molar refractivity (Wildman–Crippen MR) is 67.0 cm³/mol. The molecule has 1 aromatic heterocycles. The van der Waals surface area contributed by atoms with Crippen LogP contribution in [-0.2, 0) is 6.54 Å². The molecule has 0 amide bonds. The summed E-state index contributed by atoms with van der Waals surface area (Å²) in [6.45, 7) is 4.20. The van der Waals surface area contributed by atoms with E-state index in [1.54, 1.807) is 0 Å². The van der Waals surface area contributed by atoms with Crippen molar-refractivity contribution < 1.29 is 8.78 Å². The van der Waals surface area contributed by atoms with Crippen LogP contribution in [0.1, 0.15) is 12.4 Å². The van der Waals surface area contributed by atoms with E-state index in [1.807, 2.05) is 0 Å². The third-order valence-electron chi connectivity index (χ3n) is 3.93. The van der Waals surface area contributed by atoms with Gasteiger partial charge < -0.3 is 5.32 Å². The van der Waals surface area contributed by atoms with Crippen LogP contribution in [0.4, 0.5) is 8.78 Å². The van der Waals surface area contributed by atoms with Gasteiger partial charge in [-0.1, -0.05) is 0 Å². The lowest BCUT2D eigenvalue weighted by molar-refractivity contribution is 0.0147. The molecule has 0 spiro atoms. The molecule has 3 heterocycles. The number of piperazine rings is 1. The highest BCUT2D eigenvalue weighted by molar-refractivity contribution is 4.97. The first-order chi connectivity index (χ1) is 9.24. The van der Waals surface area contributed by atoms with Crippen LogP contribution in [0.2, 0.25) is 0 Å². The molecule has 1 N–H and O–H groups in total. The number of alkyl halides is 2. The molecule has 0 radical (unpaired) electrons. The average Bonchev–Trinajstić information content (AvgIpc) is 2.82. The lowest BCUT2D eigenvalue weighted by Gasteiger charge is -2.46. The summed E-state index contributed by atoms with van der Waals surface area (Å²) >= 11 is 0. The Morgan fingerprint density at radius 3 is 2.74 bits per heavy atom. The summed E-state index contributed by atoms with van der Waals surface area (Å²) in [5, 5.41) is 3.33. The maximum Gasteiger partial charge on any atom is 0.319 e. The smallest absolute Gasteiger partial charge is 0.314 e. The first-order valence-electron chi connectivity index (χ1n) is 6.71. The van der Waals surface area contributed by atoms with Crippen molar-refractivity contribution in [1.82, 2.24) is 24.7 Å². The van der Waals surface area contributed by atoms with E-state index in [4.69, 9.17) is 0 Å². The zero-order valence-electron chi connectivity index (χ0n) is 10.8. The van der Waals surface area contributed by atoms with Crippen molar-refractivity contribution in [2.24, 2.45) is 0 Å². The average molecular weight is 271 g/mol. The zero-order chi connectivity index (χ0) is 13.2. The molecule has 2 saturated heterocycles. The van der Waals surface area contributed by atoms with Gasteiger partial charge in [-0.05, 0) is 0 Å². The second-order valence-corrected chi connectivity index (χ2v) is 5.16. The van der Waals surface area contributed by atoms with Gasteiger partial charge in [-0.3, -0.25) is 14.4 Å². The number of hydrogen-bond donors (Lipinski definition) is 1. The molecule has 2 aliphatic rings. The number of aromatic nitrogens is 2. The number of nitrogens with one attached hydrogen (secondary N) is 1. The summed E-state index contributed by atoms with van der Waals surface area (Å²) in [5.74, 6) is 0.453. The Labute approximate surface area is 111 Å². The highest BCUT2D eigenvalue weighted by atomic mass is 19.3. The van der Waals surface area contributed by atoms with Gasteiger partial charge in [-0.15, -0.1) is 0 Å². The monoisotopic (exact) mass is 271 g/mol. The van der Waals surface area contributed by atoms with E-state index in [0.29, 0.717) is 18.4 Å². The van der Waals surface area contributed by atoms with Crippen LogP contribution in [0.15, 0.2) is 12.4 Å². The van der Waals surface area contributed by atoms with Crippen LogP contribution in [0, 0.1) is 0 Å². The number of rotatable bonds is 4. The lowest BCUT2D eigenvalue weighted by Crippen LogP contribution is -2.62. The van der Waals surface area contributed by atoms with Crippen molar-refractivity contribution in [3.8, 4) is 0 Å². The van der Waals surface area contributed by atoms with Crippen LogP contribution in [0.25, 0.3) is 0 Å². The summed E-state index contributed by atoms with van der Waals surface area (Å²) in [4.78, 5) is 8.67. The number of hydrogen-bond acceptors (Lipinski definition) is 4. The van der Waals surface area contributed by atoms with E-state index in [2.05, 4.69) is 20.1 Å². The minimum atomic E-state index is -2.50. The number of nitrogens with zero attached hydrogens (tertiary/aromatic N) is 4. The standard InChI is InChI=1S/C12H19F2N5/c13-12(14)19-6-3-16-11(19)9-17-7-10(8-17)18-4-1-15-2-5-18/h3,6,10,12,15H,1-2,4-5,7-9H2. The maximum atomic E-state index is 12.7. The summed E-state index contributed by atoms with van der Waals surface area (Å²) in [5.41, 5.74) is 0. The fourth-order valence-corrected chi connectivity index (χ4v) is 2.79. The summed E-state index contributed by atoms with van der Waals surface area (Å²) in [7, 11) is 0. The molecule has 3 rings (SSSR count). The van der Waals surface area contributed by atoms with Gasteiger partial charge in [-0.25, -0.2) is 4.98 Å². The molecule has 0 aromatic carbocycles. The van der Waals surface area contributed by atoms with E-state index < -0.39 is 6.55 Å². The van der Waals surface area contributed by atoms with Crippen molar-refractivity contribution in [1.29, 1.82) is 0 Å². The van der Waals surface area contributed by atoms with E-state index >= 15 is 0 Å². The topological polar surface area (TPSA) is 36.3 Å². The van der Waals surface area contributed by atoms with Gasteiger partial charge in [-0.2, -0.15) is 8.78 Å². The molecule has 1 aromatic rings. The quantitative estimate of drug-likeness (QED) is 0.858. The van der Waals surface area contributed by atoms with Gasteiger partial charge in [0.2, 0.25) is 0 Å². The van der Waals surface area contributed by atoms with Crippen molar-refractivity contribution in [3.05, 3.63) is 18.2 Å². The third-order valence-corrected chi connectivity index (χ3v) is 3.93. The van der Waals surface area contributed by atoms with Gasteiger partial charge in [0.1, 0.15) is 5.82 Å². The zero-order valence-corrected chi connectivity index (χ0v) is 10.8. The normalized spacial score (nSPS) is 22.9. The molecule has 0 unspecified atom stereocenters. The van der Waals surface area contributed by atoms with Crippen molar-refractivity contribution in [2.45, 2.75) is 19.1 Å². The largest absolute Gasteiger partial charge is 0.319 e. The highest BCUT2D eigenvalue weighted by Crippen LogP contribution is 2.20. The lowest BCUT2D eigenvalue weighted by atomic mass is 10.1. The molecule has 0 saturated carbocycles. The second-order valence-electron chi connectivity index (χ2n) is 5.16. The molecule has 0 aliphatic carbocycles. The van der Waals surface area contributed by atoms with Crippen LogP contribution >= 0.6 is 0 Å². The van der Waals surface area contributed by atoms with Crippen LogP contribution in [-0.4, -0.2) is 64.7 Å². The van der Waals surface area contributed by atoms with E-state index in [0.717, 1.165) is 43.8 Å². The van der Waals surface area contributed by atoms with E-state index in [-0.39, 0.29) is 0 Å². The Hall–Kier alpha value is -1.05. The fraction of sp³-hybridized carbons (Fsp3) is 0.750. The first-order valence-corrected chi connectivity index (χ1v) is 6.71. The van der Waals surface area contributed by atoms with Crippen LogP contribution in [0.5, 0.6) is 0 Å². The Morgan fingerprint density at radius 2 is 2.05 bits per heavy atom. The molecule has 106 valence electrons. The molecular weight excluding hydrogens is 252 g/mol. The van der Waals surface area contributed by atoms with Crippen molar-refractivity contribution >= 4 is 0 Å². The van der Waals surface area contributed by atoms with Gasteiger partial charge in [0, 0.05) is 57.7 Å². The summed E-state index contributed by atoms with van der Waals surface area (Å²) < 4.78 is 26.3. The van der Waals surface area contributed by atoms with Gasteiger partial charge in [0.25, 0.3) is 0 Å². The van der Waals surface area contributed by atoms with Crippen molar-refractivity contribution in [3.63, 3.8) is 0 Å². The van der Waals surface area contributed by atoms with Gasteiger partial charge in [0.05, 0.1) is 6.54 Å². The fourth-order valence-electron chi connectivity index (χ4n) is 2.79. The molecule has 2 aliphatic heterocycles. The number of imidazole rings is 1. The highest BCUT2D eigenvalue weighted by Gasteiger charge is 2.32. The minimum absolute atomic E-state index is 0.453. The predicted octanol–water partition coefficient (Wildman–Crippen LogP) is 0.368. The van der Waals surface area contributed by atoms with Crippen molar-refractivity contribution in [2.75, 3.05) is 39.3 Å². The third kappa shape index (κ3) is 2.77. The van der Waals surface area contributed by atoms with E-state index in [9.17, 15) is 8.78 Å². The Bertz CT molecular complexity index is 410. The maximum absolute atomic E-state index is 12.7. The SMILES string of the molecule is FC(F)n1ccnc1CN1CC(N2CCNCC2)C1. The first kappa shape index (κ1) is 13.0. The molecular formula is C12H19F2N5. The summed E-state index contributed by atoms with van der Waals surface area (Å²) in [6.07, 6.45) is 2.78. The Morgan fingerprint density at radius 1 is 1.32 bits per heavy atom. The molecule has 7 heteroatoms. The van der Waals surface area contributed by atoms with Gasteiger partial charge >= 0.3 is 6.55 Å². The second kappa shape index (κ2) is 5.52. The number of likely N-dealkylation sites (tertiary alicyclic amines) is 1. The van der Waals surface area contributed by atoms with Crippen LogP contribution in [0.3, 0.4) is 0 Å². The van der Waals surface area contributed by atoms with Crippen LogP contribution < -0.4 is 5.32 Å². The van der Waals surface area contributed by atoms with E-state index in [1.165, 1.54) is 12.4 Å². The molecule has 0 atom stereocenters. The molecule has 2 fully saturated rings. The Balaban J connectivity index is 1.49. The summed E-state index contributed by atoms with van der Waals surface area (Å²) in [6, 6.07) is 0.581. The minimum Gasteiger partial charge on any atom is -0.314 e. The van der Waals surface area contributed by atoms with Gasteiger partial charge in [0.15, 0.2) is 0 Å². The Kier molecular flexibility index (Phi) is 3.76. The molecule has 5 nitrogen and oxygen atoms in total. The molecule has 19 heavy (non-hydrogen) atoms. The molecule has 0 bridgehead atoms. The number of halogens is 2.